The molecule has 0 bridgehead atoms. The molecule has 0 saturated carbocycles. The normalized spacial score (nSPS) is 18.6. The predicted molar refractivity (Wildman–Crippen MR) is 125 cm³/mol. The summed E-state index contributed by atoms with van der Waals surface area (Å²) in [6.07, 6.45) is 0.792. The second-order valence-electron chi connectivity index (χ2n) is 8.07. The van der Waals surface area contributed by atoms with Crippen LogP contribution in [0.15, 0.2) is 41.2 Å². The molecule has 3 N–H and O–H groups in total. The standard InChI is InChI=1S/C24H19ClFN5O4/c25-14-3-1-4-15(26)19(14)18-13(10-27)22(32)29-21-20(18)23(33)31-24(30-21)28-11-12-5-6-16-17(9-12)35-8-2-7-34-16/h1,3-6,9,13,18H,2,7-8,11H2,(H3,28,29,30,31,32,33). The zero-order valence-corrected chi connectivity index (χ0v) is 19.0. The number of aromatic nitrogens is 2. The van der Waals surface area contributed by atoms with E-state index in [1.54, 1.807) is 0 Å². The number of nitriles is 1. The number of fused-ring (bicyclic) bond motifs is 2. The maximum atomic E-state index is 14.7. The van der Waals surface area contributed by atoms with Crippen LogP contribution in [0.4, 0.5) is 16.2 Å². The van der Waals surface area contributed by atoms with Gasteiger partial charge >= 0.3 is 0 Å². The molecule has 0 spiro atoms. The summed E-state index contributed by atoms with van der Waals surface area (Å²) >= 11 is 6.22. The van der Waals surface area contributed by atoms with Crippen molar-refractivity contribution in [1.29, 1.82) is 5.26 Å². The van der Waals surface area contributed by atoms with Gasteiger partial charge < -0.3 is 20.1 Å². The van der Waals surface area contributed by atoms with E-state index in [4.69, 9.17) is 21.1 Å². The zero-order chi connectivity index (χ0) is 24.5. The first-order valence-corrected chi connectivity index (χ1v) is 11.2. The van der Waals surface area contributed by atoms with Gasteiger partial charge in [-0.2, -0.15) is 10.2 Å². The molecular weight excluding hydrogens is 477 g/mol. The van der Waals surface area contributed by atoms with Crippen LogP contribution in [0.2, 0.25) is 5.02 Å². The molecule has 2 aliphatic rings. The first kappa shape index (κ1) is 22.7. The molecule has 0 fully saturated rings. The molecule has 2 aromatic carbocycles. The van der Waals surface area contributed by atoms with Crippen LogP contribution < -0.4 is 25.7 Å². The van der Waals surface area contributed by atoms with Gasteiger partial charge in [0.2, 0.25) is 11.9 Å². The van der Waals surface area contributed by atoms with Crippen molar-refractivity contribution >= 4 is 29.3 Å². The van der Waals surface area contributed by atoms with Crippen molar-refractivity contribution in [3.63, 3.8) is 0 Å². The van der Waals surface area contributed by atoms with Gasteiger partial charge in [-0.05, 0) is 29.8 Å². The molecule has 3 aromatic rings. The van der Waals surface area contributed by atoms with Gasteiger partial charge in [-0.25, -0.2) is 4.39 Å². The molecule has 9 nitrogen and oxygen atoms in total. The zero-order valence-electron chi connectivity index (χ0n) is 18.2. The number of rotatable bonds is 4. The third-order valence-corrected chi connectivity index (χ3v) is 6.17. The number of hydrogen-bond donors (Lipinski definition) is 3. The first-order chi connectivity index (χ1) is 17.0. The van der Waals surface area contributed by atoms with Crippen LogP contribution in [0.25, 0.3) is 0 Å². The van der Waals surface area contributed by atoms with E-state index in [1.165, 1.54) is 12.1 Å². The van der Waals surface area contributed by atoms with Crippen molar-refractivity contribution in [1.82, 2.24) is 9.97 Å². The van der Waals surface area contributed by atoms with Crippen molar-refractivity contribution in [3.8, 4) is 17.6 Å². The number of anilines is 2. The minimum Gasteiger partial charge on any atom is -0.490 e. The third-order valence-electron chi connectivity index (χ3n) is 5.85. The van der Waals surface area contributed by atoms with Crippen molar-refractivity contribution in [2.75, 3.05) is 23.8 Å². The van der Waals surface area contributed by atoms with Crippen LogP contribution in [0, 0.1) is 23.1 Å². The van der Waals surface area contributed by atoms with E-state index in [-0.39, 0.29) is 34.5 Å². The minimum absolute atomic E-state index is 0.00640. The summed E-state index contributed by atoms with van der Waals surface area (Å²) < 4.78 is 26.1. The number of halogens is 2. The highest BCUT2D eigenvalue weighted by atomic mass is 35.5. The molecule has 1 amide bonds. The van der Waals surface area contributed by atoms with E-state index in [0.717, 1.165) is 18.1 Å². The van der Waals surface area contributed by atoms with Gasteiger partial charge in [0, 0.05) is 29.5 Å². The van der Waals surface area contributed by atoms with Gasteiger partial charge in [-0.3, -0.25) is 14.6 Å². The Labute approximate surface area is 203 Å². The Morgan fingerprint density at radius 2 is 1.97 bits per heavy atom. The lowest BCUT2D eigenvalue weighted by Crippen LogP contribution is -2.38. The summed E-state index contributed by atoms with van der Waals surface area (Å²) in [5.41, 5.74) is 0.0845. The number of carbonyl (C=O) groups excluding carboxylic acids is 1. The predicted octanol–water partition coefficient (Wildman–Crippen LogP) is 3.56. The van der Waals surface area contributed by atoms with E-state index < -0.39 is 29.1 Å². The smallest absolute Gasteiger partial charge is 0.258 e. The molecule has 5 rings (SSSR count). The highest BCUT2D eigenvalue weighted by Crippen LogP contribution is 2.41. The van der Waals surface area contributed by atoms with Crippen LogP contribution in [0.1, 0.15) is 29.0 Å². The van der Waals surface area contributed by atoms with Gasteiger partial charge in [0.1, 0.15) is 17.6 Å². The summed E-state index contributed by atoms with van der Waals surface area (Å²) in [5, 5.41) is 15.1. The fraction of sp³-hybridized carbons (Fsp3) is 0.250. The number of aromatic amines is 1. The van der Waals surface area contributed by atoms with Crippen LogP contribution in [-0.2, 0) is 11.3 Å². The van der Waals surface area contributed by atoms with E-state index in [1.807, 2.05) is 24.3 Å². The second kappa shape index (κ2) is 9.27. The molecule has 35 heavy (non-hydrogen) atoms. The summed E-state index contributed by atoms with van der Waals surface area (Å²) in [4.78, 5) is 32.7. The topological polar surface area (TPSA) is 129 Å². The molecule has 2 unspecified atom stereocenters. The third kappa shape index (κ3) is 4.26. The molecular formula is C24H19ClFN5O4. The lowest BCUT2D eigenvalue weighted by Gasteiger charge is -2.29. The fourth-order valence-electron chi connectivity index (χ4n) is 4.22. The number of benzene rings is 2. The quantitative estimate of drug-likeness (QED) is 0.504. The van der Waals surface area contributed by atoms with Crippen molar-refractivity contribution in [2.45, 2.75) is 18.9 Å². The average Bonchev–Trinajstić information content (AvgIpc) is 3.07. The van der Waals surface area contributed by atoms with Gasteiger partial charge in [-0.15, -0.1) is 0 Å². The minimum atomic E-state index is -1.36. The van der Waals surface area contributed by atoms with Crippen LogP contribution in [0.5, 0.6) is 11.5 Å². The van der Waals surface area contributed by atoms with E-state index in [9.17, 15) is 19.2 Å². The molecule has 2 atom stereocenters. The van der Waals surface area contributed by atoms with Gasteiger partial charge in [0.15, 0.2) is 11.5 Å². The fourth-order valence-corrected chi connectivity index (χ4v) is 4.50. The molecule has 2 aliphatic heterocycles. The second-order valence-corrected chi connectivity index (χ2v) is 8.48. The largest absolute Gasteiger partial charge is 0.490 e. The van der Waals surface area contributed by atoms with Gasteiger partial charge in [-0.1, -0.05) is 23.7 Å². The molecule has 11 heteroatoms. The summed E-state index contributed by atoms with van der Waals surface area (Å²) in [6, 6.07) is 11.4. The van der Waals surface area contributed by atoms with Crippen LogP contribution >= 0.6 is 11.6 Å². The Morgan fingerprint density at radius 3 is 2.74 bits per heavy atom. The number of nitrogens with zero attached hydrogens (tertiary/aromatic N) is 2. The lowest BCUT2D eigenvalue weighted by atomic mass is 9.79. The van der Waals surface area contributed by atoms with Crippen molar-refractivity contribution in [3.05, 3.63) is 74.3 Å². The Morgan fingerprint density at radius 1 is 1.17 bits per heavy atom. The highest BCUT2D eigenvalue weighted by molar-refractivity contribution is 6.31. The number of nitrogens with one attached hydrogen (secondary N) is 3. The Hall–Kier alpha value is -4.10. The maximum Gasteiger partial charge on any atom is 0.258 e. The SMILES string of the molecule is N#CC1C(=O)Nc2nc(NCc3ccc4c(c3)OCCCO4)[nH]c(=O)c2C1c1c(F)cccc1Cl. The van der Waals surface area contributed by atoms with E-state index in [2.05, 4.69) is 20.6 Å². The molecule has 0 aliphatic carbocycles. The summed E-state index contributed by atoms with van der Waals surface area (Å²) in [7, 11) is 0. The molecule has 3 heterocycles. The summed E-state index contributed by atoms with van der Waals surface area (Å²) in [6.45, 7) is 1.43. The van der Waals surface area contributed by atoms with Crippen LogP contribution in [0.3, 0.4) is 0 Å². The number of hydrogen-bond acceptors (Lipinski definition) is 7. The first-order valence-electron chi connectivity index (χ1n) is 10.9. The molecule has 1 aromatic heterocycles. The average molecular weight is 496 g/mol. The van der Waals surface area contributed by atoms with E-state index in [0.29, 0.717) is 24.7 Å². The van der Waals surface area contributed by atoms with Gasteiger partial charge in [0.05, 0.1) is 24.8 Å². The monoisotopic (exact) mass is 495 g/mol. The van der Waals surface area contributed by atoms with Crippen LogP contribution in [-0.4, -0.2) is 29.1 Å². The molecule has 178 valence electrons. The van der Waals surface area contributed by atoms with Gasteiger partial charge in [0.25, 0.3) is 5.56 Å². The number of H-pyrrole nitrogens is 1. The Kier molecular flexibility index (Phi) is 6.01. The molecule has 0 radical (unpaired) electrons. The summed E-state index contributed by atoms with van der Waals surface area (Å²) in [5.74, 6) is -2.67. The lowest BCUT2D eigenvalue weighted by molar-refractivity contribution is -0.119. The van der Waals surface area contributed by atoms with E-state index >= 15 is 0 Å². The highest BCUT2D eigenvalue weighted by Gasteiger charge is 2.42. The molecule has 0 saturated heterocycles. The number of ether oxygens (including phenoxy) is 2. The van der Waals surface area contributed by atoms with Crippen molar-refractivity contribution < 1.29 is 18.7 Å². The number of amides is 1. The Balaban J connectivity index is 1.47. The van der Waals surface area contributed by atoms with Crippen molar-refractivity contribution in [2.24, 2.45) is 5.92 Å². The maximum absolute atomic E-state index is 14.7. The Bertz CT molecular complexity index is 1400. The number of carbonyl (C=O) groups is 1.